The van der Waals surface area contributed by atoms with Gasteiger partial charge in [0.1, 0.15) is 6.54 Å². The Bertz CT molecular complexity index is 503. The Hall–Kier alpha value is -2.45. The number of urea groups is 2. The molecule has 0 radical (unpaired) electrons. The van der Waals surface area contributed by atoms with E-state index in [1.165, 1.54) is 0 Å². The van der Waals surface area contributed by atoms with Crippen molar-refractivity contribution in [2.75, 3.05) is 19.6 Å². The maximum absolute atomic E-state index is 11.9. The summed E-state index contributed by atoms with van der Waals surface area (Å²) in [6.45, 7) is 5.34. The highest BCUT2D eigenvalue weighted by atomic mass is 16.2. The summed E-state index contributed by atoms with van der Waals surface area (Å²) in [6.07, 6.45) is 0.502. The second-order valence-corrected chi connectivity index (χ2v) is 5.28. The summed E-state index contributed by atoms with van der Waals surface area (Å²) in [4.78, 5) is 59.6. The van der Waals surface area contributed by atoms with Crippen LogP contribution in [-0.4, -0.2) is 59.2 Å². The van der Waals surface area contributed by atoms with Crippen molar-refractivity contribution >= 4 is 29.8 Å². The third-order valence-corrected chi connectivity index (χ3v) is 2.81. The average Bonchev–Trinajstić information content (AvgIpc) is 2.63. The maximum Gasteiger partial charge on any atom is 0.334 e. The number of imide groups is 3. The molecule has 0 aromatic carbocycles. The molecule has 0 aromatic rings. The summed E-state index contributed by atoms with van der Waals surface area (Å²) in [5.41, 5.74) is 0. The lowest BCUT2D eigenvalue weighted by Crippen LogP contribution is -2.47. The summed E-state index contributed by atoms with van der Waals surface area (Å²) < 4.78 is 0. The van der Waals surface area contributed by atoms with E-state index in [9.17, 15) is 24.0 Å². The molecule has 1 saturated heterocycles. The van der Waals surface area contributed by atoms with Crippen LogP contribution in [0.25, 0.3) is 0 Å². The number of rotatable bonds is 6. The van der Waals surface area contributed by atoms with Gasteiger partial charge in [-0.15, -0.1) is 0 Å². The minimum Gasteiger partial charge on any atom is -0.338 e. The van der Waals surface area contributed by atoms with E-state index in [0.29, 0.717) is 17.9 Å². The van der Waals surface area contributed by atoms with Crippen molar-refractivity contribution in [2.24, 2.45) is 5.92 Å². The molecule has 0 atom stereocenters. The molecule has 0 saturated carbocycles. The van der Waals surface area contributed by atoms with E-state index in [2.05, 4.69) is 5.32 Å². The Morgan fingerprint density at radius 1 is 1.09 bits per heavy atom. The van der Waals surface area contributed by atoms with Gasteiger partial charge in [-0.1, -0.05) is 20.8 Å². The molecule has 7 amide bonds. The van der Waals surface area contributed by atoms with Crippen LogP contribution in [0.3, 0.4) is 0 Å². The summed E-state index contributed by atoms with van der Waals surface area (Å²) in [7, 11) is 0. The molecule has 2 N–H and O–H groups in total. The number of carbonyl (C=O) groups excluding carboxylic acids is 5. The molecule has 1 rings (SSSR count). The smallest absolute Gasteiger partial charge is 0.334 e. The number of carbonyl (C=O) groups is 5. The fourth-order valence-electron chi connectivity index (χ4n) is 1.76. The van der Waals surface area contributed by atoms with E-state index in [1.54, 1.807) is 6.92 Å². The predicted octanol–water partition coefficient (Wildman–Crippen LogP) is -0.331. The summed E-state index contributed by atoms with van der Waals surface area (Å²) in [6, 6.07) is -1.55. The van der Waals surface area contributed by atoms with Crippen LogP contribution in [0.4, 0.5) is 9.59 Å². The van der Waals surface area contributed by atoms with Gasteiger partial charge in [-0.05, 0) is 12.3 Å². The Labute approximate surface area is 128 Å². The van der Waals surface area contributed by atoms with E-state index in [4.69, 9.17) is 0 Å². The topological polar surface area (TPSA) is 116 Å². The number of nitrogens with zero attached hydrogens (tertiary/aromatic N) is 2. The number of nitrogens with one attached hydrogen (secondary N) is 2. The first-order chi connectivity index (χ1) is 10.3. The van der Waals surface area contributed by atoms with Gasteiger partial charge in [0, 0.05) is 13.1 Å². The second kappa shape index (κ2) is 7.53. The van der Waals surface area contributed by atoms with E-state index >= 15 is 0 Å². The van der Waals surface area contributed by atoms with Crippen LogP contribution in [0, 0.1) is 5.92 Å². The van der Waals surface area contributed by atoms with Crippen molar-refractivity contribution in [2.45, 2.75) is 27.2 Å². The first kappa shape index (κ1) is 17.6. The van der Waals surface area contributed by atoms with Gasteiger partial charge in [-0.25, -0.2) is 14.5 Å². The van der Waals surface area contributed by atoms with Gasteiger partial charge in [0.25, 0.3) is 0 Å². The summed E-state index contributed by atoms with van der Waals surface area (Å²) >= 11 is 0. The molecule has 0 unspecified atom stereocenters. The highest BCUT2D eigenvalue weighted by molar-refractivity contribution is 6.45. The molecule has 22 heavy (non-hydrogen) atoms. The standard InChI is InChI=1S/C13H20N4O5/c1-4-5-16-10(19)11(20)17(13(16)22)7-9(18)15-12(21)14-6-8(2)3/h8H,4-7H2,1-3H3,(H2,14,15,18,21). The molecule has 0 spiro atoms. The highest BCUT2D eigenvalue weighted by Crippen LogP contribution is 2.11. The van der Waals surface area contributed by atoms with Crippen LogP contribution in [0.15, 0.2) is 0 Å². The van der Waals surface area contributed by atoms with Crippen molar-refractivity contribution in [3.63, 3.8) is 0 Å². The molecule has 0 aromatic heterocycles. The molecule has 9 heteroatoms. The third kappa shape index (κ3) is 4.27. The Balaban J connectivity index is 2.57. The van der Waals surface area contributed by atoms with Gasteiger partial charge in [-0.2, -0.15) is 0 Å². The SMILES string of the molecule is CCCN1C(=O)C(=O)N(CC(=O)NC(=O)NCC(C)C)C1=O. The van der Waals surface area contributed by atoms with Crippen LogP contribution in [0.1, 0.15) is 27.2 Å². The van der Waals surface area contributed by atoms with Crippen molar-refractivity contribution in [3.05, 3.63) is 0 Å². The van der Waals surface area contributed by atoms with Crippen LogP contribution in [0.5, 0.6) is 0 Å². The van der Waals surface area contributed by atoms with Crippen molar-refractivity contribution < 1.29 is 24.0 Å². The number of hydrogen-bond donors (Lipinski definition) is 2. The molecule has 9 nitrogen and oxygen atoms in total. The number of amides is 7. The predicted molar refractivity (Wildman–Crippen MR) is 75.5 cm³/mol. The average molecular weight is 312 g/mol. The van der Waals surface area contributed by atoms with E-state index in [-0.39, 0.29) is 12.5 Å². The Morgan fingerprint density at radius 3 is 2.23 bits per heavy atom. The molecule has 1 heterocycles. The van der Waals surface area contributed by atoms with E-state index in [1.807, 2.05) is 19.2 Å². The fraction of sp³-hybridized carbons (Fsp3) is 0.615. The van der Waals surface area contributed by atoms with E-state index in [0.717, 1.165) is 4.90 Å². The molecule has 0 aliphatic carbocycles. The third-order valence-electron chi connectivity index (χ3n) is 2.81. The maximum atomic E-state index is 11.9. The first-order valence-electron chi connectivity index (χ1n) is 7.02. The second-order valence-electron chi connectivity index (χ2n) is 5.28. The minimum absolute atomic E-state index is 0.108. The van der Waals surface area contributed by atoms with Gasteiger partial charge in [0.05, 0.1) is 0 Å². The fourth-order valence-corrected chi connectivity index (χ4v) is 1.76. The largest absolute Gasteiger partial charge is 0.338 e. The lowest BCUT2D eigenvalue weighted by molar-refractivity contribution is -0.143. The minimum atomic E-state index is -1.06. The Kier molecular flexibility index (Phi) is 6.02. The van der Waals surface area contributed by atoms with Crippen molar-refractivity contribution in [3.8, 4) is 0 Å². The Morgan fingerprint density at radius 2 is 1.68 bits per heavy atom. The van der Waals surface area contributed by atoms with Gasteiger partial charge in [0.15, 0.2) is 0 Å². The van der Waals surface area contributed by atoms with Crippen LogP contribution >= 0.6 is 0 Å². The molecule has 1 fully saturated rings. The number of hydrogen-bond acceptors (Lipinski definition) is 5. The molecule has 122 valence electrons. The molecule has 1 aliphatic rings. The zero-order valence-electron chi connectivity index (χ0n) is 12.8. The highest BCUT2D eigenvalue weighted by Gasteiger charge is 2.44. The summed E-state index contributed by atoms with van der Waals surface area (Å²) in [5, 5.41) is 4.46. The van der Waals surface area contributed by atoms with Crippen molar-refractivity contribution in [1.82, 2.24) is 20.4 Å². The van der Waals surface area contributed by atoms with Gasteiger partial charge in [0.2, 0.25) is 5.91 Å². The molecular weight excluding hydrogens is 292 g/mol. The van der Waals surface area contributed by atoms with Crippen molar-refractivity contribution in [1.29, 1.82) is 0 Å². The lowest BCUT2D eigenvalue weighted by Gasteiger charge is -2.14. The van der Waals surface area contributed by atoms with Gasteiger partial charge < -0.3 is 5.32 Å². The van der Waals surface area contributed by atoms with Crippen LogP contribution in [-0.2, 0) is 14.4 Å². The quantitative estimate of drug-likeness (QED) is 0.514. The summed E-state index contributed by atoms with van der Waals surface area (Å²) in [5.74, 6) is -2.64. The van der Waals surface area contributed by atoms with Gasteiger partial charge in [-0.3, -0.25) is 24.6 Å². The zero-order valence-corrected chi connectivity index (χ0v) is 12.8. The van der Waals surface area contributed by atoms with E-state index < -0.39 is 36.3 Å². The molecular formula is C13H20N4O5. The first-order valence-corrected chi connectivity index (χ1v) is 7.02. The van der Waals surface area contributed by atoms with Gasteiger partial charge >= 0.3 is 23.9 Å². The normalized spacial score (nSPS) is 14.8. The van der Waals surface area contributed by atoms with Crippen LogP contribution < -0.4 is 10.6 Å². The zero-order chi connectivity index (χ0) is 16.9. The molecule has 1 aliphatic heterocycles. The lowest BCUT2D eigenvalue weighted by atomic mass is 10.2. The monoisotopic (exact) mass is 312 g/mol. The molecule has 0 bridgehead atoms. The van der Waals surface area contributed by atoms with Crippen LogP contribution in [0.2, 0.25) is 0 Å².